The van der Waals surface area contributed by atoms with Gasteiger partial charge < -0.3 is 20.1 Å². The molecule has 0 unspecified atom stereocenters. The maximum absolute atomic E-state index is 9.72. The molecule has 0 saturated carbocycles. The highest BCUT2D eigenvalue weighted by molar-refractivity contribution is 5.48. The number of piperidine rings is 1. The van der Waals surface area contributed by atoms with Gasteiger partial charge in [-0.1, -0.05) is 12.1 Å². The number of aryl methyl sites for hydroxylation is 1. The number of benzene rings is 1. The van der Waals surface area contributed by atoms with Crippen molar-refractivity contribution in [3.63, 3.8) is 0 Å². The van der Waals surface area contributed by atoms with Crippen molar-refractivity contribution in [1.82, 2.24) is 9.97 Å². The third kappa shape index (κ3) is 4.00. The van der Waals surface area contributed by atoms with Gasteiger partial charge in [-0.3, -0.25) is 0 Å². The number of aliphatic hydroxyl groups excluding tert-OH is 1. The lowest BCUT2D eigenvalue weighted by Crippen LogP contribution is -2.38. The van der Waals surface area contributed by atoms with Crippen molar-refractivity contribution < 1.29 is 9.84 Å². The van der Waals surface area contributed by atoms with E-state index in [9.17, 15) is 5.11 Å². The monoisotopic (exact) mass is 368 g/mol. The number of hydrogen-bond donors (Lipinski definition) is 2. The van der Waals surface area contributed by atoms with Gasteiger partial charge in [-0.15, -0.1) is 0 Å². The van der Waals surface area contributed by atoms with Gasteiger partial charge in [0, 0.05) is 31.3 Å². The molecule has 1 atom stereocenters. The van der Waals surface area contributed by atoms with Crippen molar-refractivity contribution in [2.45, 2.75) is 57.8 Å². The molecule has 0 aliphatic carbocycles. The van der Waals surface area contributed by atoms with Crippen LogP contribution in [0.25, 0.3) is 0 Å². The summed E-state index contributed by atoms with van der Waals surface area (Å²) < 4.78 is 6.18. The molecule has 2 aliphatic rings. The molecule has 2 aromatic rings. The SMILES string of the molecule is Cc1ccc2c(c1)OC(C)(C)C[C@@H]2Nc1nccc(N2CCC(O)CC2)n1. The lowest BCUT2D eigenvalue weighted by molar-refractivity contribution is 0.0757. The Balaban J connectivity index is 1.56. The smallest absolute Gasteiger partial charge is 0.225 e. The molecule has 4 rings (SSSR count). The van der Waals surface area contributed by atoms with Crippen LogP contribution in [0.15, 0.2) is 30.5 Å². The third-order valence-corrected chi connectivity index (χ3v) is 5.36. The van der Waals surface area contributed by atoms with Crippen LogP contribution in [-0.2, 0) is 0 Å². The average molecular weight is 368 g/mol. The van der Waals surface area contributed by atoms with Gasteiger partial charge in [0.25, 0.3) is 0 Å². The van der Waals surface area contributed by atoms with Gasteiger partial charge in [0.15, 0.2) is 0 Å². The van der Waals surface area contributed by atoms with Crippen molar-refractivity contribution in [3.8, 4) is 5.75 Å². The molecular weight excluding hydrogens is 340 g/mol. The first-order chi connectivity index (χ1) is 12.9. The van der Waals surface area contributed by atoms with Crippen LogP contribution in [-0.4, -0.2) is 39.9 Å². The van der Waals surface area contributed by atoms with E-state index in [-0.39, 0.29) is 17.7 Å². The van der Waals surface area contributed by atoms with E-state index in [0.29, 0.717) is 5.95 Å². The summed E-state index contributed by atoms with van der Waals surface area (Å²) in [5, 5.41) is 13.2. The molecule has 0 spiro atoms. The summed E-state index contributed by atoms with van der Waals surface area (Å²) in [7, 11) is 0. The second-order valence-electron chi connectivity index (χ2n) is 8.26. The summed E-state index contributed by atoms with van der Waals surface area (Å²) in [6.07, 6.45) is 4.02. The van der Waals surface area contributed by atoms with Crippen molar-refractivity contribution in [2.75, 3.05) is 23.3 Å². The molecule has 2 aliphatic heterocycles. The molecule has 2 N–H and O–H groups in total. The zero-order valence-corrected chi connectivity index (χ0v) is 16.3. The van der Waals surface area contributed by atoms with Crippen molar-refractivity contribution in [2.24, 2.45) is 0 Å². The van der Waals surface area contributed by atoms with Crippen LogP contribution in [0.5, 0.6) is 5.75 Å². The second kappa shape index (κ2) is 7.00. The van der Waals surface area contributed by atoms with Gasteiger partial charge >= 0.3 is 0 Å². The molecule has 0 radical (unpaired) electrons. The number of fused-ring (bicyclic) bond motifs is 1. The van der Waals surface area contributed by atoms with Crippen molar-refractivity contribution >= 4 is 11.8 Å². The van der Waals surface area contributed by atoms with Crippen LogP contribution in [0.2, 0.25) is 0 Å². The fourth-order valence-corrected chi connectivity index (χ4v) is 3.93. The predicted molar refractivity (Wildman–Crippen MR) is 106 cm³/mol. The zero-order chi connectivity index (χ0) is 19.0. The largest absolute Gasteiger partial charge is 0.487 e. The minimum absolute atomic E-state index is 0.0998. The van der Waals surface area contributed by atoms with E-state index in [4.69, 9.17) is 9.72 Å². The number of aromatic nitrogens is 2. The Labute approximate surface area is 160 Å². The third-order valence-electron chi connectivity index (χ3n) is 5.36. The first-order valence-corrected chi connectivity index (χ1v) is 9.72. The molecule has 1 saturated heterocycles. The Morgan fingerprint density at radius 3 is 2.78 bits per heavy atom. The van der Waals surface area contributed by atoms with Crippen LogP contribution >= 0.6 is 0 Å². The molecule has 6 nitrogen and oxygen atoms in total. The fraction of sp³-hybridized carbons (Fsp3) is 0.524. The van der Waals surface area contributed by atoms with Crippen molar-refractivity contribution in [3.05, 3.63) is 41.6 Å². The standard InChI is InChI=1S/C21H28N4O2/c1-14-4-5-16-17(13-21(2,3)27-18(16)12-14)23-20-22-9-6-19(24-20)25-10-7-15(26)8-11-25/h4-6,9,12,15,17,26H,7-8,10-11,13H2,1-3H3,(H,22,23,24)/t17-/m0/s1. The van der Waals surface area contributed by atoms with Gasteiger partial charge in [0.2, 0.25) is 5.95 Å². The summed E-state index contributed by atoms with van der Waals surface area (Å²) in [5.41, 5.74) is 2.09. The topological polar surface area (TPSA) is 70.5 Å². The molecule has 3 heterocycles. The van der Waals surface area contributed by atoms with Crippen LogP contribution in [0.3, 0.4) is 0 Å². The average Bonchev–Trinajstić information content (AvgIpc) is 2.61. The Hall–Kier alpha value is -2.34. The predicted octanol–water partition coefficient (Wildman–Crippen LogP) is 3.46. The first-order valence-electron chi connectivity index (χ1n) is 9.72. The quantitative estimate of drug-likeness (QED) is 0.865. The molecule has 144 valence electrons. The number of anilines is 2. The zero-order valence-electron chi connectivity index (χ0n) is 16.3. The van der Waals surface area contributed by atoms with Crippen LogP contribution in [0.4, 0.5) is 11.8 Å². The highest BCUT2D eigenvalue weighted by atomic mass is 16.5. The second-order valence-corrected chi connectivity index (χ2v) is 8.26. The Morgan fingerprint density at radius 2 is 2.00 bits per heavy atom. The molecule has 1 aromatic heterocycles. The number of nitrogens with one attached hydrogen (secondary N) is 1. The van der Waals surface area contributed by atoms with E-state index in [0.717, 1.165) is 49.5 Å². The van der Waals surface area contributed by atoms with Gasteiger partial charge in [0.1, 0.15) is 17.2 Å². The van der Waals surface area contributed by atoms with E-state index < -0.39 is 0 Å². The first kappa shape index (κ1) is 18.0. The normalized spacial score (nSPS) is 22.1. The minimum atomic E-state index is -0.251. The van der Waals surface area contributed by atoms with Crippen LogP contribution < -0.4 is 15.0 Å². The lowest BCUT2D eigenvalue weighted by atomic mass is 9.89. The number of aliphatic hydroxyl groups is 1. The number of nitrogens with zero attached hydrogens (tertiary/aromatic N) is 3. The maximum Gasteiger partial charge on any atom is 0.225 e. The van der Waals surface area contributed by atoms with Gasteiger partial charge in [-0.05, 0) is 51.3 Å². The van der Waals surface area contributed by atoms with Crippen molar-refractivity contribution in [1.29, 1.82) is 0 Å². The minimum Gasteiger partial charge on any atom is -0.487 e. The van der Waals surface area contributed by atoms with E-state index in [1.807, 2.05) is 6.07 Å². The lowest BCUT2D eigenvalue weighted by Gasteiger charge is -2.38. The summed E-state index contributed by atoms with van der Waals surface area (Å²) in [6.45, 7) is 7.95. The van der Waals surface area contributed by atoms with Crippen LogP contribution in [0, 0.1) is 6.92 Å². The molecule has 0 bridgehead atoms. The van der Waals surface area contributed by atoms with E-state index in [1.54, 1.807) is 6.20 Å². The summed E-state index contributed by atoms with van der Waals surface area (Å²) in [5.74, 6) is 2.48. The highest BCUT2D eigenvalue weighted by Crippen LogP contribution is 2.41. The summed E-state index contributed by atoms with van der Waals surface area (Å²) in [6, 6.07) is 8.39. The van der Waals surface area contributed by atoms with Crippen LogP contribution in [0.1, 0.15) is 50.3 Å². The maximum atomic E-state index is 9.72. The fourth-order valence-electron chi connectivity index (χ4n) is 3.93. The Bertz CT molecular complexity index is 816. The molecule has 6 heteroatoms. The number of hydrogen-bond acceptors (Lipinski definition) is 6. The Kier molecular flexibility index (Phi) is 4.68. The van der Waals surface area contributed by atoms with Gasteiger partial charge in [0.05, 0.1) is 12.1 Å². The van der Waals surface area contributed by atoms with E-state index in [2.05, 4.69) is 54.2 Å². The van der Waals surface area contributed by atoms with E-state index in [1.165, 1.54) is 5.56 Å². The number of ether oxygens (including phenoxy) is 1. The molecule has 1 aromatic carbocycles. The highest BCUT2D eigenvalue weighted by Gasteiger charge is 2.34. The summed E-state index contributed by atoms with van der Waals surface area (Å²) in [4.78, 5) is 11.4. The number of rotatable bonds is 3. The molecule has 0 amide bonds. The Morgan fingerprint density at radius 1 is 1.22 bits per heavy atom. The molecular formula is C21H28N4O2. The molecule has 27 heavy (non-hydrogen) atoms. The van der Waals surface area contributed by atoms with E-state index >= 15 is 0 Å². The summed E-state index contributed by atoms with van der Waals surface area (Å²) >= 11 is 0. The van der Waals surface area contributed by atoms with Gasteiger partial charge in [-0.25, -0.2) is 4.98 Å². The van der Waals surface area contributed by atoms with Gasteiger partial charge in [-0.2, -0.15) is 4.98 Å². The molecule has 1 fully saturated rings.